The minimum absolute atomic E-state index is 0.0970. The number of carbonyl (C=O) groups is 1. The van der Waals surface area contributed by atoms with Crippen LogP contribution in [0.2, 0.25) is 5.02 Å². The molecule has 1 saturated heterocycles. The van der Waals surface area contributed by atoms with Crippen molar-refractivity contribution in [2.45, 2.75) is 51.6 Å². The minimum atomic E-state index is -0.0970. The summed E-state index contributed by atoms with van der Waals surface area (Å²) in [6.45, 7) is 10.8. The van der Waals surface area contributed by atoms with Gasteiger partial charge in [-0.15, -0.1) is 6.58 Å². The molecule has 1 aliphatic carbocycles. The molecule has 5 heteroatoms. The van der Waals surface area contributed by atoms with Crippen molar-refractivity contribution in [1.29, 1.82) is 0 Å². The number of amides is 1. The molecule has 3 atom stereocenters. The van der Waals surface area contributed by atoms with Gasteiger partial charge in [-0.2, -0.15) is 0 Å². The third-order valence-corrected chi connectivity index (χ3v) is 7.52. The fraction of sp³-hybridized carbons (Fsp3) is 0.480. The van der Waals surface area contributed by atoms with Gasteiger partial charge in [0.1, 0.15) is 0 Å². The number of nitrogens with one attached hydrogen (secondary N) is 1. The van der Waals surface area contributed by atoms with E-state index in [1.807, 2.05) is 17.0 Å². The number of benzene rings is 1. The van der Waals surface area contributed by atoms with Gasteiger partial charge in [-0.1, -0.05) is 43.2 Å². The second-order valence-corrected chi connectivity index (χ2v) is 9.44. The number of aryl methyl sites for hydroxylation is 1. The van der Waals surface area contributed by atoms with E-state index in [0.29, 0.717) is 6.04 Å². The van der Waals surface area contributed by atoms with Crippen LogP contribution >= 0.6 is 11.6 Å². The first-order chi connectivity index (χ1) is 14.5. The normalized spacial score (nSPS) is 25.6. The van der Waals surface area contributed by atoms with Crippen molar-refractivity contribution in [3.05, 3.63) is 52.7 Å². The number of rotatable bonds is 5. The van der Waals surface area contributed by atoms with Gasteiger partial charge in [0.25, 0.3) is 0 Å². The number of aromatic nitrogens is 1. The number of likely N-dealkylation sites (tertiary alicyclic amines) is 1. The second-order valence-electron chi connectivity index (χ2n) is 9.04. The smallest absolute Gasteiger partial charge is 0.231 e. The van der Waals surface area contributed by atoms with Gasteiger partial charge in [-0.25, -0.2) is 0 Å². The van der Waals surface area contributed by atoms with Crippen molar-refractivity contribution in [2.24, 2.45) is 5.92 Å². The zero-order valence-corrected chi connectivity index (χ0v) is 18.6. The van der Waals surface area contributed by atoms with Gasteiger partial charge in [0.2, 0.25) is 5.91 Å². The van der Waals surface area contributed by atoms with E-state index >= 15 is 0 Å². The zero-order chi connectivity index (χ0) is 21.0. The molecule has 0 saturated carbocycles. The molecule has 1 aromatic heterocycles. The predicted molar refractivity (Wildman–Crippen MR) is 124 cm³/mol. The summed E-state index contributed by atoms with van der Waals surface area (Å²) in [7, 11) is 0. The van der Waals surface area contributed by atoms with Crippen LogP contribution in [0, 0.1) is 5.92 Å². The van der Waals surface area contributed by atoms with Crippen molar-refractivity contribution < 1.29 is 4.79 Å². The number of aromatic amines is 1. The zero-order valence-electron chi connectivity index (χ0n) is 17.9. The Kier molecular flexibility index (Phi) is 5.03. The Balaban J connectivity index is 1.64. The van der Waals surface area contributed by atoms with Crippen LogP contribution in [-0.4, -0.2) is 52.4 Å². The third kappa shape index (κ3) is 2.96. The molecule has 3 aliphatic rings. The van der Waals surface area contributed by atoms with Crippen LogP contribution in [0.1, 0.15) is 43.5 Å². The molecule has 3 unspecified atom stereocenters. The average molecular weight is 424 g/mol. The van der Waals surface area contributed by atoms with E-state index < -0.39 is 0 Å². The van der Waals surface area contributed by atoms with Gasteiger partial charge in [0, 0.05) is 42.8 Å². The van der Waals surface area contributed by atoms with E-state index in [0.717, 1.165) is 55.9 Å². The highest BCUT2D eigenvalue weighted by atomic mass is 35.5. The summed E-state index contributed by atoms with van der Waals surface area (Å²) in [6, 6.07) is 4.80. The molecule has 0 bridgehead atoms. The predicted octanol–water partition coefficient (Wildman–Crippen LogP) is 4.82. The van der Waals surface area contributed by atoms with Gasteiger partial charge < -0.3 is 9.88 Å². The van der Waals surface area contributed by atoms with Crippen molar-refractivity contribution >= 4 is 34.0 Å². The highest BCUT2D eigenvalue weighted by molar-refractivity contribution is 6.35. The Morgan fingerprint density at radius 1 is 1.40 bits per heavy atom. The Labute approximate surface area is 183 Å². The number of halogens is 1. The molecule has 0 radical (unpaired) electrons. The van der Waals surface area contributed by atoms with Crippen LogP contribution in [0.15, 0.2) is 30.9 Å². The summed E-state index contributed by atoms with van der Waals surface area (Å²) in [4.78, 5) is 21.4. The summed E-state index contributed by atoms with van der Waals surface area (Å²) >= 11 is 6.58. The summed E-state index contributed by atoms with van der Waals surface area (Å²) < 4.78 is 0. The van der Waals surface area contributed by atoms with Crippen LogP contribution in [0.4, 0.5) is 0 Å². The Morgan fingerprint density at radius 3 is 2.90 bits per heavy atom. The van der Waals surface area contributed by atoms with E-state index in [-0.39, 0.29) is 17.9 Å². The van der Waals surface area contributed by atoms with Gasteiger partial charge in [0.05, 0.1) is 16.5 Å². The van der Waals surface area contributed by atoms with Gasteiger partial charge in [-0.3, -0.25) is 9.69 Å². The Morgan fingerprint density at radius 2 is 2.23 bits per heavy atom. The van der Waals surface area contributed by atoms with Gasteiger partial charge in [0.15, 0.2) is 0 Å². The highest BCUT2D eigenvalue weighted by Crippen LogP contribution is 2.45. The maximum atomic E-state index is 13.2. The van der Waals surface area contributed by atoms with E-state index in [4.69, 9.17) is 11.6 Å². The van der Waals surface area contributed by atoms with Crippen molar-refractivity contribution in [3.63, 3.8) is 0 Å². The van der Waals surface area contributed by atoms with Crippen molar-refractivity contribution in [1.82, 2.24) is 14.8 Å². The van der Waals surface area contributed by atoms with Gasteiger partial charge in [-0.05, 0) is 49.0 Å². The minimum Gasteiger partial charge on any atom is -0.357 e. The molecule has 2 aromatic rings. The average Bonchev–Trinajstić information content (AvgIpc) is 3.09. The van der Waals surface area contributed by atoms with Crippen molar-refractivity contribution in [2.75, 3.05) is 19.6 Å². The Bertz CT molecular complexity index is 1050. The van der Waals surface area contributed by atoms with E-state index in [1.54, 1.807) is 0 Å². The molecule has 1 fully saturated rings. The lowest BCUT2D eigenvalue weighted by atomic mass is 9.78. The maximum absolute atomic E-state index is 13.2. The van der Waals surface area contributed by atoms with E-state index in [1.165, 1.54) is 27.8 Å². The molecule has 1 N–H and O–H groups in total. The number of hydrogen-bond acceptors (Lipinski definition) is 2. The lowest BCUT2D eigenvalue weighted by Gasteiger charge is -2.45. The number of hydrogen-bond donors (Lipinski definition) is 1. The standard InChI is InChI=1S/C25H30ClN3O/c1-4-6-21-19-13-22-18(17-7-8-20(26)24(27-21)23(17)19)12-16(14-28(22)10-5-2)25(30)29-11-9-15(29)3/h5,7-8,12,15-16,22,27H,2,4,6,9-11,13-14H2,1,3H3. The molecule has 30 heavy (non-hydrogen) atoms. The number of carbonyl (C=O) groups excluding carboxylic acids is 1. The summed E-state index contributed by atoms with van der Waals surface area (Å²) in [6.07, 6.45) is 8.42. The van der Waals surface area contributed by atoms with E-state index in [9.17, 15) is 4.79 Å². The molecule has 3 heterocycles. The molecule has 4 nitrogen and oxygen atoms in total. The molecular formula is C25H30ClN3O. The first-order valence-corrected chi connectivity index (χ1v) is 11.6. The van der Waals surface area contributed by atoms with Crippen LogP contribution in [0.3, 0.4) is 0 Å². The second kappa shape index (κ2) is 7.58. The van der Waals surface area contributed by atoms with Gasteiger partial charge >= 0.3 is 0 Å². The van der Waals surface area contributed by atoms with Crippen LogP contribution in [0.5, 0.6) is 0 Å². The number of H-pyrrole nitrogens is 1. The quantitative estimate of drug-likeness (QED) is 0.700. The molecular weight excluding hydrogens is 394 g/mol. The molecule has 158 valence electrons. The lowest BCUT2D eigenvalue weighted by molar-refractivity contribution is -0.141. The largest absolute Gasteiger partial charge is 0.357 e. The molecule has 1 amide bonds. The summed E-state index contributed by atoms with van der Waals surface area (Å²) in [5.41, 5.74) is 6.29. The fourth-order valence-electron chi connectivity index (χ4n) is 5.55. The van der Waals surface area contributed by atoms with Crippen LogP contribution in [-0.2, 0) is 17.6 Å². The third-order valence-electron chi connectivity index (χ3n) is 7.20. The first kappa shape index (κ1) is 19.9. The van der Waals surface area contributed by atoms with Crippen LogP contribution in [0.25, 0.3) is 16.5 Å². The summed E-state index contributed by atoms with van der Waals surface area (Å²) in [5.74, 6) is 0.172. The molecule has 2 aliphatic heterocycles. The monoisotopic (exact) mass is 423 g/mol. The van der Waals surface area contributed by atoms with E-state index in [2.05, 4.69) is 42.5 Å². The summed E-state index contributed by atoms with van der Waals surface area (Å²) in [5, 5.41) is 2.04. The fourth-order valence-corrected chi connectivity index (χ4v) is 5.76. The number of nitrogens with zero attached hydrogens (tertiary/aromatic N) is 2. The lowest BCUT2D eigenvalue weighted by Crippen LogP contribution is -2.55. The molecule has 1 aromatic carbocycles. The van der Waals surface area contributed by atoms with Crippen molar-refractivity contribution in [3.8, 4) is 0 Å². The van der Waals surface area contributed by atoms with Crippen LogP contribution < -0.4 is 0 Å². The maximum Gasteiger partial charge on any atom is 0.231 e. The number of fused-ring (bicyclic) bond motifs is 2. The molecule has 0 spiro atoms. The highest BCUT2D eigenvalue weighted by Gasteiger charge is 2.40. The topological polar surface area (TPSA) is 39.3 Å². The SMILES string of the molecule is C=CCN1CC(C(=O)N2CCC2C)C=C2c3ccc(Cl)c4[nH]c(CCC)c(c34)CC21. The Hall–Kier alpha value is -2.04. The molecule has 5 rings (SSSR count). The first-order valence-electron chi connectivity index (χ1n) is 11.2.